The Balaban J connectivity index is 1.48. The summed E-state index contributed by atoms with van der Waals surface area (Å²) in [7, 11) is 1.57. The quantitative estimate of drug-likeness (QED) is 0.392. The lowest BCUT2D eigenvalue weighted by Gasteiger charge is -2.14. The number of amides is 2. The van der Waals surface area contributed by atoms with Gasteiger partial charge in [0.05, 0.1) is 13.7 Å². The molecule has 1 fully saturated rings. The Hall–Kier alpha value is -3.68. The first-order valence-electron chi connectivity index (χ1n) is 10.1. The number of anilines is 1. The van der Waals surface area contributed by atoms with Crippen molar-refractivity contribution in [2.75, 3.05) is 12.4 Å². The van der Waals surface area contributed by atoms with E-state index in [0.29, 0.717) is 32.8 Å². The Kier molecular flexibility index (Phi) is 6.72. The highest BCUT2D eigenvalue weighted by Crippen LogP contribution is 2.22. The molecule has 33 heavy (non-hydrogen) atoms. The van der Waals surface area contributed by atoms with Gasteiger partial charge in [0.1, 0.15) is 11.4 Å². The van der Waals surface area contributed by atoms with Gasteiger partial charge in [0, 0.05) is 16.3 Å². The fourth-order valence-electron chi connectivity index (χ4n) is 3.33. The predicted molar refractivity (Wildman–Crippen MR) is 133 cm³/mol. The minimum Gasteiger partial charge on any atom is -0.497 e. The van der Waals surface area contributed by atoms with Gasteiger partial charge in [-0.1, -0.05) is 41.9 Å². The Bertz CT molecular complexity index is 1260. The summed E-state index contributed by atoms with van der Waals surface area (Å²) in [5.74, 6) is 0.188. The summed E-state index contributed by atoms with van der Waals surface area (Å²) in [5, 5.41) is 6.72. The lowest BCUT2D eigenvalue weighted by molar-refractivity contribution is -0.122. The van der Waals surface area contributed by atoms with Gasteiger partial charge in [-0.15, -0.1) is 0 Å². The molecule has 3 aromatic carbocycles. The van der Waals surface area contributed by atoms with E-state index in [1.807, 2.05) is 24.3 Å². The zero-order valence-corrected chi connectivity index (χ0v) is 19.2. The highest BCUT2D eigenvalue weighted by Gasteiger charge is 2.31. The van der Waals surface area contributed by atoms with Crippen molar-refractivity contribution in [2.45, 2.75) is 6.54 Å². The number of nitrogens with one attached hydrogen (secondary N) is 2. The minimum atomic E-state index is -0.246. The molecule has 8 heteroatoms. The summed E-state index contributed by atoms with van der Waals surface area (Å²) < 4.78 is 5.12. The van der Waals surface area contributed by atoms with Crippen molar-refractivity contribution < 1.29 is 14.3 Å². The number of hydrogen-bond acceptors (Lipinski definition) is 4. The van der Waals surface area contributed by atoms with Gasteiger partial charge in [-0.3, -0.25) is 14.5 Å². The van der Waals surface area contributed by atoms with E-state index in [1.54, 1.807) is 61.7 Å². The molecule has 0 radical (unpaired) electrons. The van der Waals surface area contributed by atoms with Crippen molar-refractivity contribution in [3.8, 4) is 5.75 Å². The lowest BCUT2D eigenvalue weighted by Crippen LogP contribution is -2.30. The van der Waals surface area contributed by atoms with Gasteiger partial charge in [0.25, 0.3) is 11.8 Å². The van der Waals surface area contributed by atoms with Gasteiger partial charge in [-0.25, -0.2) is 0 Å². The number of thiocarbonyl (C=S) groups is 1. The third-order valence-electron chi connectivity index (χ3n) is 5.06. The van der Waals surface area contributed by atoms with Crippen LogP contribution >= 0.6 is 23.8 Å². The van der Waals surface area contributed by atoms with Crippen LogP contribution in [0.3, 0.4) is 0 Å². The number of nitrogens with zero attached hydrogens (tertiary/aromatic N) is 1. The van der Waals surface area contributed by atoms with E-state index >= 15 is 0 Å². The Morgan fingerprint density at radius 1 is 1.12 bits per heavy atom. The van der Waals surface area contributed by atoms with E-state index < -0.39 is 0 Å². The molecule has 2 amide bonds. The average Bonchev–Trinajstić information content (AvgIpc) is 3.08. The molecule has 0 unspecified atom stereocenters. The SMILES string of the molecule is COc1ccc(C(=O)Nc2cccc(/C=C3\NC(=S)N(Cc4ccccc4Cl)C3=O)c2)cc1. The van der Waals surface area contributed by atoms with Gasteiger partial charge in [-0.05, 0) is 71.9 Å². The molecule has 1 heterocycles. The van der Waals surface area contributed by atoms with E-state index in [-0.39, 0.29) is 18.4 Å². The van der Waals surface area contributed by atoms with Crippen molar-refractivity contribution in [1.29, 1.82) is 0 Å². The number of benzene rings is 3. The van der Waals surface area contributed by atoms with Gasteiger partial charge in [0.15, 0.2) is 5.11 Å². The third-order valence-corrected chi connectivity index (χ3v) is 5.75. The van der Waals surface area contributed by atoms with Crippen molar-refractivity contribution >= 4 is 52.5 Å². The normalized spacial score (nSPS) is 14.4. The summed E-state index contributed by atoms with van der Waals surface area (Å²) in [4.78, 5) is 26.9. The highest BCUT2D eigenvalue weighted by molar-refractivity contribution is 7.80. The molecule has 4 rings (SSSR count). The topological polar surface area (TPSA) is 70.7 Å². The molecule has 166 valence electrons. The number of halogens is 1. The van der Waals surface area contributed by atoms with E-state index in [9.17, 15) is 9.59 Å². The van der Waals surface area contributed by atoms with E-state index in [0.717, 1.165) is 11.1 Å². The molecule has 3 aromatic rings. The van der Waals surface area contributed by atoms with Crippen molar-refractivity contribution in [3.05, 3.63) is 100 Å². The molecule has 0 aromatic heterocycles. The molecular formula is C25H20ClN3O3S. The fourth-order valence-corrected chi connectivity index (χ4v) is 3.78. The summed E-state index contributed by atoms with van der Waals surface area (Å²) in [6.45, 7) is 0.277. The van der Waals surface area contributed by atoms with Crippen molar-refractivity contribution in [1.82, 2.24) is 10.2 Å². The molecule has 6 nitrogen and oxygen atoms in total. The van der Waals surface area contributed by atoms with E-state index in [2.05, 4.69) is 10.6 Å². The smallest absolute Gasteiger partial charge is 0.276 e. The maximum absolute atomic E-state index is 12.9. The van der Waals surface area contributed by atoms with Crippen LogP contribution in [0.15, 0.2) is 78.5 Å². The largest absolute Gasteiger partial charge is 0.497 e. The molecule has 0 atom stereocenters. The van der Waals surface area contributed by atoms with Gasteiger partial charge in [0.2, 0.25) is 0 Å². The van der Waals surface area contributed by atoms with Crippen LogP contribution in [-0.2, 0) is 11.3 Å². The minimum absolute atomic E-state index is 0.243. The second-order valence-corrected chi connectivity index (χ2v) is 8.07. The summed E-state index contributed by atoms with van der Waals surface area (Å²) in [5.41, 5.74) is 3.01. The maximum atomic E-state index is 12.9. The van der Waals surface area contributed by atoms with E-state index in [1.165, 1.54) is 4.90 Å². The van der Waals surface area contributed by atoms with E-state index in [4.69, 9.17) is 28.6 Å². The van der Waals surface area contributed by atoms with Crippen LogP contribution in [0.5, 0.6) is 5.75 Å². The van der Waals surface area contributed by atoms with Crippen molar-refractivity contribution in [3.63, 3.8) is 0 Å². The Morgan fingerprint density at radius 3 is 2.61 bits per heavy atom. The van der Waals surface area contributed by atoms with Crippen molar-refractivity contribution in [2.24, 2.45) is 0 Å². The Morgan fingerprint density at radius 2 is 1.88 bits per heavy atom. The van der Waals surface area contributed by atoms with Crippen LogP contribution in [0.4, 0.5) is 5.69 Å². The second-order valence-electron chi connectivity index (χ2n) is 7.28. The number of rotatable bonds is 6. The third kappa shape index (κ3) is 5.22. The summed E-state index contributed by atoms with van der Waals surface area (Å²) in [6, 6.07) is 21.4. The molecule has 0 bridgehead atoms. The second kappa shape index (κ2) is 9.85. The standard InChI is InChI=1S/C25H20ClN3O3S/c1-32-20-11-9-17(10-12-20)23(30)27-19-7-4-5-16(13-19)14-22-24(31)29(25(33)28-22)15-18-6-2-3-8-21(18)26/h2-14H,15H2,1H3,(H,27,30)(H,28,33)/b22-14-. The predicted octanol–water partition coefficient (Wildman–Crippen LogP) is 4.86. The molecule has 2 N–H and O–H groups in total. The number of ether oxygens (including phenoxy) is 1. The van der Waals surface area contributed by atoms with Crippen LogP contribution < -0.4 is 15.4 Å². The highest BCUT2D eigenvalue weighted by atomic mass is 35.5. The molecule has 1 saturated heterocycles. The number of carbonyl (C=O) groups excluding carboxylic acids is 2. The van der Waals surface area contributed by atoms with Gasteiger partial charge in [-0.2, -0.15) is 0 Å². The molecule has 0 spiro atoms. The van der Waals surface area contributed by atoms with Crippen LogP contribution in [0.2, 0.25) is 5.02 Å². The fraction of sp³-hybridized carbons (Fsp3) is 0.0800. The van der Waals surface area contributed by atoms with Gasteiger partial charge >= 0.3 is 0 Å². The zero-order chi connectivity index (χ0) is 23.4. The number of carbonyl (C=O) groups is 2. The van der Waals surface area contributed by atoms with Crippen LogP contribution in [-0.4, -0.2) is 28.9 Å². The van der Waals surface area contributed by atoms with Crippen LogP contribution in [0.1, 0.15) is 21.5 Å². The summed E-state index contributed by atoms with van der Waals surface area (Å²) in [6.07, 6.45) is 1.70. The average molecular weight is 478 g/mol. The Labute approximate surface area is 201 Å². The zero-order valence-electron chi connectivity index (χ0n) is 17.7. The number of hydrogen-bond donors (Lipinski definition) is 2. The van der Waals surface area contributed by atoms with Gasteiger partial charge < -0.3 is 15.4 Å². The first-order valence-corrected chi connectivity index (χ1v) is 10.9. The van der Waals surface area contributed by atoms with Crippen LogP contribution in [0.25, 0.3) is 6.08 Å². The summed E-state index contributed by atoms with van der Waals surface area (Å²) >= 11 is 11.6. The maximum Gasteiger partial charge on any atom is 0.276 e. The van der Waals surface area contributed by atoms with Crippen LogP contribution in [0, 0.1) is 0 Å². The first-order chi connectivity index (χ1) is 15.9. The molecular weight excluding hydrogens is 458 g/mol. The molecule has 1 aliphatic rings. The molecule has 0 saturated carbocycles. The lowest BCUT2D eigenvalue weighted by atomic mass is 10.1. The monoisotopic (exact) mass is 477 g/mol. The molecule has 1 aliphatic heterocycles. The first kappa shape index (κ1) is 22.5. The number of methoxy groups -OCH3 is 1. The molecule has 0 aliphatic carbocycles.